The zero-order valence-corrected chi connectivity index (χ0v) is 17.9. The zero-order chi connectivity index (χ0) is 24.2. The summed E-state index contributed by atoms with van der Waals surface area (Å²) in [7, 11) is 0. The summed E-state index contributed by atoms with van der Waals surface area (Å²) in [6.45, 7) is 0. The fourth-order valence-corrected chi connectivity index (χ4v) is 3.66. The molecule has 4 aromatic rings. The topological polar surface area (TPSA) is 170 Å². The van der Waals surface area contributed by atoms with Gasteiger partial charge in [0.2, 0.25) is 0 Å². The third-order valence-electron chi connectivity index (χ3n) is 5.39. The largest absolute Gasteiger partial charge is 0.425 e. The third-order valence-corrected chi connectivity index (χ3v) is 5.39. The van der Waals surface area contributed by atoms with Crippen molar-refractivity contribution in [1.29, 1.82) is 0 Å². The first-order chi connectivity index (χ1) is 16.3. The van der Waals surface area contributed by atoms with E-state index in [1.165, 1.54) is 0 Å². The molecule has 2 atom stereocenters. The second-order valence-corrected chi connectivity index (χ2v) is 7.76. The van der Waals surface area contributed by atoms with Crippen LogP contribution in [0.25, 0.3) is 21.8 Å². The van der Waals surface area contributed by atoms with Gasteiger partial charge in [-0.3, -0.25) is 0 Å². The summed E-state index contributed by atoms with van der Waals surface area (Å²) < 4.78 is 8.99. The Morgan fingerprint density at radius 2 is 1.06 bits per heavy atom. The summed E-state index contributed by atoms with van der Waals surface area (Å²) in [5.74, 6) is -5.54. The standard InChI is InChI=1S/C24H22N4O6/c25-17(9-13-11-27-19-7-3-1-5-15(13)19)21(29)33-23(31)24(32)34-22(30)18(26)10-14-12-28-20-8-4-2-6-16(14)20/h1-8,11-12,17-18,27-28H,9-10,25-26H2/t17-,18-/m0/s1. The smallest absolute Gasteiger partial charge is 0.383 e. The van der Waals surface area contributed by atoms with E-state index in [2.05, 4.69) is 19.4 Å². The molecule has 0 spiro atoms. The first-order valence-electron chi connectivity index (χ1n) is 10.5. The molecule has 2 heterocycles. The van der Waals surface area contributed by atoms with Crippen LogP contribution >= 0.6 is 0 Å². The molecule has 0 saturated carbocycles. The highest BCUT2D eigenvalue weighted by atomic mass is 16.6. The zero-order valence-electron chi connectivity index (χ0n) is 17.9. The van der Waals surface area contributed by atoms with Crippen molar-refractivity contribution in [1.82, 2.24) is 9.97 Å². The van der Waals surface area contributed by atoms with Crippen LogP contribution in [0.15, 0.2) is 60.9 Å². The second-order valence-electron chi connectivity index (χ2n) is 7.76. The number of benzene rings is 2. The van der Waals surface area contributed by atoms with E-state index in [1.54, 1.807) is 12.4 Å². The van der Waals surface area contributed by atoms with Gasteiger partial charge in [-0.1, -0.05) is 36.4 Å². The van der Waals surface area contributed by atoms with Crippen LogP contribution in [0.2, 0.25) is 0 Å². The molecule has 0 amide bonds. The van der Waals surface area contributed by atoms with Gasteiger partial charge in [0.1, 0.15) is 12.1 Å². The number of carbonyl (C=O) groups excluding carboxylic acids is 4. The third kappa shape index (κ3) is 4.87. The Morgan fingerprint density at radius 3 is 1.47 bits per heavy atom. The molecule has 4 rings (SSSR count). The lowest BCUT2D eigenvalue weighted by atomic mass is 10.1. The summed E-state index contributed by atoms with van der Waals surface area (Å²) in [5.41, 5.74) is 14.9. The van der Waals surface area contributed by atoms with Gasteiger partial charge in [0.15, 0.2) is 0 Å². The quantitative estimate of drug-likeness (QED) is 0.188. The maximum absolute atomic E-state index is 12.2. The number of aromatic nitrogens is 2. The van der Waals surface area contributed by atoms with Crippen LogP contribution in [0.4, 0.5) is 0 Å². The minimum atomic E-state index is -1.65. The van der Waals surface area contributed by atoms with Crippen LogP contribution in [-0.4, -0.2) is 45.9 Å². The molecule has 2 aromatic carbocycles. The van der Waals surface area contributed by atoms with Gasteiger partial charge in [-0.25, -0.2) is 19.2 Å². The summed E-state index contributed by atoms with van der Waals surface area (Å²) in [6, 6.07) is 12.4. The minimum absolute atomic E-state index is 0.0690. The van der Waals surface area contributed by atoms with Crippen molar-refractivity contribution in [3.8, 4) is 0 Å². The van der Waals surface area contributed by atoms with Crippen LogP contribution in [0.3, 0.4) is 0 Å². The predicted molar refractivity (Wildman–Crippen MR) is 122 cm³/mol. The number of para-hydroxylation sites is 2. The van der Waals surface area contributed by atoms with Crippen molar-refractivity contribution >= 4 is 45.7 Å². The lowest BCUT2D eigenvalue weighted by molar-refractivity contribution is -0.178. The van der Waals surface area contributed by atoms with E-state index in [1.807, 2.05) is 48.5 Å². The highest BCUT2D eigenvalue weighted by Gasteiger charge is 2.29. The monoisotopic (exact) mass is 462 g/mol. The number of ether oxygens (including phenoxy) is 2. The molecule has 0 aliphatic heterocycles. The van der Waals surface area contributed by atoms with Crippen LogP contribution in [0.1, 0.15) is 11.1 Å². The van der Waals surface area contributed by atoms with Crippen molar-refractivity contribution in [2.75, 3.05) is 0 Å². The highest BCUT2D eigenvalue weighted by molar-refractivity contribution is 6.33. The fourth-order valence-electron chi connectivity index (χ4n) is 3.66. The van der Waals surface area contributed by atoms with Crippen molar-refractivity contribution in [3.63, 3.8) is 0 Å². The molecule has 10 nitrogen and oxygen atoms in total. The molecule has 2 aromatic heterocycles. The number of carbonyl (C=O) groups is 4. The summed E-state index contributed by atoms with van der Waals surface area (Å²) in [5, 5.41) is 1.73. The Bertz CT molecular complexity index is 1280. The molecule has 0 aliphatic rings. The number of nitrogens with one attached hydrogen (secondary N) is 2. The first kappa shape index (κ1) is 22.9. The van der Waals surface area contributed by atoms with Gasteiger partial charge in [0, 0.05) is 47.0 Å². The lowest BCUT2D eigenvalue weighted by Crippen LogP contribution is -2.40. The Balaban J connectivity index is 1.29. The number of fused-ring (bicyclic) bond motifs is 2. The van der Waals surface area contributed by atoms with E-state index in [4.69, 9.17) is 11.5 Å². The average molecular weight is 462 g/mol. The number of hydrogen-bond donors (Lipinski definition) is 4. The minimum Gasteiger partial charge on any atom is -0.383 e. The Labute approximate surface area is 193 Å². The lowest BCUT2D eigenvalue weighted by Gasteiger charge is -2.11. The van der Waals surface area contributed by atoms with Crippen molar-refractivity contribution in [2.45, 2.75) is 24.9 Å². The summed E-state index contributed by atoms with van der Waals surface area (Å²) in [6.07, 6.45) is 3.53. The first-order valence-corrected chi connectivity index (χ1v) is 10.5. The van der Waals surface area contributed by atoms with Crippen LogP contribution in [0.5, 0.6) is 0 Å². The molecule has 6 N–H and O–H groups in total. The van der Waals surface area contributed by atoms with Gasteiger partial charge in [-0.15, -0.1) is 0 Å². The van der Waals surface area contributed by atoms with Gasteiger partial charge >= 0.3 is 23.9 Å². The fraction of sp³-hybridized carbons (Fsp3) is 0.167. The van der Waals surface area contributed by atoms with Gasteiger partial charge in [-0.2, -0.15) is 0 Å². The Kier molecular flexibility index (Phi) is 6.53. The molecule has 0 aliphatic carbocycles. The number of nitrogens with two attached hydrogens (primary N) is 2. The summed E-state index contributed by atoms with van der Waals surface area (Å²) >= 11 is 0. The SMILES string of the molecule is N[C@@H](Cc1c[nH]c2ccccc12)C(=O)OC(=O)C(=O)OC(=O)[C@@H](N)Cc1c[nH]c2ccccc12. The van der Waals surface area contributed by atoms with Gasteiger partial charge < -0.3 is 30.9 Å². The Hall–Kier alpha value is -4.28. The number of hydrogen-bond acceptors (Lipinski definition) is 8. The molecule has 0 fully saturated rings. The Morgan fingerprint density at radius 1 is 0.676 bits per heavy atom. The van der Waals surface area contributed by atoms with Crippen molar-refractivity contribution in [3.05, 3.63) is 72.1 Å². The molecular weight excluding hydrogens is 440 g/mol. The molecule has 0 radical (unpaired) electrons. The predicted octanol–water partition coefficient (Wildman–Crippen LogP) is 1.23. The number of rotatable bonds is 6. The number of aromatic amines is 2. The van der Waals surface area contributed by atoms with E-state index >= 15 is 0 Å². The maximum atomic E-state index is 12.2. The van der Waals surface area contributed by atoms with E-state index in [9.17, 15) is 19.2 Å². The van der Waals surface area contributed by atoms with Gasteiger partial charge in [-0.05, 0) is 23.3 Å². The molecule has 34 heavy (non-hydrogen) atoms. The van der Waals surface area contributed by atoms with E-state index in [0.29, 0.717) is 0 Å². The maximum Gasteiger partial charge on any atom is 0.425 e. The molecule has 10 heteroatoms. The van der Waals surface area contributed by atoms with E-state index in [-0.39, 0.29) is 12.8 Å². The number of H-pyrrole nitrogens is 2. The van der Waals surface area contributed by atoms with Crippen molar-refractivity contribution in [2.24, 2.45) is 11.5 Å². The van der Waals surface area contributed by atoms with E-state index < -0.39 is 36.0 Å². The van der Waals surface area contributed by atoms with Gasteiger partial charge in [0.05, 0.1) is 0 Å². The molecule has 0 saturated heterocycles. The number of esters is 4. The average Bonchev–Trinajstić information content (AvgIpc) is 3.43. The highest BCUT2D eigenvalue weighted by Crippen LogP contribution is 2.20. The van der Waals surface area contributed by atoms with Gasteiger partial charge in [0.25, 0.3) is 0 Å². The molecule has 0 bridgehead atoms. The van der Waals surface area contributed by atoms with E-state index in [0.717, 1.165) is 32.9 Å². The normalized spacial score (nSPS) is 12.9. The molecule has 0 unspecified atom stereocenters. The summed E-state index contributed by atoms with van der Waals surface area (Å²) in [4.78, 5) is 54.3. The van der Waals surface area contributed by atoms with Crippen molar-refractivity contribution < 1.29 is 28.7 Å². The second kappa shape index (κ2) is 9.69. The van der Waals surface area contributed by atoms with Crippen LogP contribution in [0, 0.1) is 0 Å². The van der Waals surface area contributed by atoms with Crippen LogP contribution in [-0.2, 0) is 41.5 Å². The molecular formula is C24H22N4O6. The molecule has 174 valence electrons. The van der Waals surface area contributed by atoms with Crippen LogP contribution < -0.4 is 11.5 Å².